The molecule has 0 bridgehead atoms. The summed E-state index contributed by atoms with van der Waals surface area (Å²) in [5.74, 6) is -0.563. The van der Waals surface area contributed by atoms with Crippen LogP contribution in [0.1, 0.15) is 54.7 Å². The average Bonchev–Trinajstić information content (AvgIpc) is 2.77. The van der Waals surface area contributed by atoms with Crippen molar-refractivity contribution in [2.24, 2.45) is 0 Å². The number of carbonyl (C=O) groups excluding carboxylic acids is 2. The van der Waals surface area contributed by atoms with Crippen molar-refractivity contribution in [3.8, 4) is 0 Å². The summed E-state index contributed by atoms with van der Waals surface area (Å²) in [6.07, 6.45) is 4.29. The molecule has 0 saturated heterocycles. The number of pyridine rings is 1. The molecule has 0 saturated carbocycles. The molecule has 3 rings (SSSR count). The summed E-state index contributed by atoms with van der Waals surface area (Å²) in [5.41, 5.74) is 3.42. The second kappa shape index (κ2) is 6.49. The van der Waals surface area contributed by atoms with Gasteiger partial charge in [-0.25, -0.2) is 4.79 Å². The first-order valence-electron chi connectivity index (χ1n) is 8.20. The van der Waals surface area contributed by atoms with Gasteiger partial charge >= 0.3 is 5.97 Å². The molecule has 1 atom stereocenters. The number of aromatic nitrogens is 1. The lowest BCUT2D eigenvalue weighted by atomic mass is 9.97. The van der Waals surface area contributed by atoms with Crippen LogP contribution in [0, 0.1) is 0 Å². The van der Waals surface area contributed by atoms with Gasteiger partial charge in [-0.05, 0) is 51.2 Å². The maximum Gasteiger partial charge on any atom is 0.339 e. The normalized spacial score (nSPS) is 15.6. The lowest BCUT2D eigenvalue weighted by Crippen LogP contribution is -2.23. The Hall–Kier alpha value is -2.23. The van der Waals surface area contributed by atoms with Gasteiger partial charge in [-0.3, -0.25) is 9.78 Å². The number of Topliss-reactive ketones (excluding diaryl/α,β-unsaturated/α-hetero) is 1. The third kappa shape index (κ3) is 3.11. The summed E-state index contributed by atoms with van der Waals surface area (Å²) in [5, 5.41) is 0.814. The highest BCUT2D eigenvalue weighted by molar-refractivity contribution is 6.05. The molecule has 4 heteroatoms. The number of para-hydroxylation sites is 1. The van der Waals surface area contributed by atoms with E-state index in [4.69, 9.17) is 9.72 Å². The Morgan fingerprint density at radius 1 is 1.13 bits per heavy atom. The standard InChI is InChI=1S/C19H21NO3/c1-12(21)13(2)23-19(22)18-14-8-4-3-5-10-16(14)20-17-11-7-6-9-15(17)18/h6-7,9,11,13H,3-5,8,10H2,1-2H3. The van der Waals surface area contributed by atoms with E-state index in [0.717, 1.165) is 54.3 Å². The van der Waals surface area contributed by atoms with Crippen LogP contribution in [0.3, 0.4) is 0 Å². The van der Waals surface area contributed by atoms with E-state index >= 15 is 0 Å². The number of benzene rings is 1. The summed E-state index contributed by atoms with van der Waals surface area (Å²) in [7, 11) is 0. The molecule has 4 nitrogen and oxygen atoms in total. The molecule has 2 aromatic rings. The first kappa shape index (κ1) is 15.7. The molecule has 1 aliphatic rings. The minimum Gasteiger partial charge on any atom is -0.451 e. The molecule has 120 valence electrons. The first-order chi connectivity index (χ1) is 11.1. The summed E-state index contributed by atoms with van der Waals surface area (Å²) < 4.78 is 5.40. The van der Waals surface area contributed by atoms with Crippen molar-refractivity contribution < 1.29 is 14.3 Å². The fraction of sp³-hybridized carbons (Fsp3) is 0.421. The quantitative estimate of drug-likeness (QED) is 0.641. The Labute approximate surface area is 135 Å². The highest BCUT2D eigenvalue weighted by atomic mass is 16.5. The largest absolute Gasteiger partial charge is 0.451 e. The van der Waals surface area contributed by atoms with Gasteiger partial charge in [-0.15, -0.1) is 0 Å². The Bertz CT molecular complexity index is 767. The summed E-state index contributed by atoms with van der Waals surface area (Å²) in [6, 6.07) is 7.65. The van der Waals surface area contributed by atoms with Gasteiger partial charge in [0.05, 0.1) is 11.1 Å². The average molecular weight is 311 g/mol. The predicted octanol–water partition coefficient (Wildman–Crippen LogP) is 3.64. The van der Waals surface area contributed by atoms with Crippen LogP contribution in [-0.2, 0) is 22.4 Å². The number of aryl methyl sites for hydroxylation is 1. The Balaban J connectivity index is 2.14. The molecule has 23 heavy (non-hydrogen) atoms. The number of esters is 1. The van der Waals surface area contributed by atoms with E-state index in [-0.39, 0.29) is 5.78 Å². The van der Waals surface area contributed by atoms with Crippen LogP contribution >= 0.6 is 0 Å². The van der Waals surface area contributed by atoms with Crippen LogP contribution < -0.4 is 0 Å². The molecule has 0 aliphatic heterocycles. The molecule has 0 fully saturated rings. The molecular weight excluding hydrogens is 290 g/mol. The maximum absolute atomic E-state index is 12.8. The van der Waals surface area contributed by atoms with E-state index in [9.17, 15) is 9.59 Å². The molecule has 1 heterocycles. The van der Waals surface area contributed by atoms with E-state index < -0.39 is 12.1 Å². The summed E-state index contributed by atoms with van der Waals surface area (Å²) >= 11 is 0. The van der Waals surface area contributed by atoms with E-state index in [2.05, 4.69) is 0 Å². The minimum atomic E-state index is -0.726. The number of fused-ring (bicyclic) bond motifs is 2. The smallest absolute Gasteiger partial charge is 0.339 e. The Morgan fingerprint density at radius 3 is 2.65 bits per heavy atom. The zero-order valence-corrected chi connectivity index (χ0v) is 13.6. The van der Waals surface area contributed by atoms with Crippen molar-refractivity contribution in [3.63, 3.8) is 0 Å². The third-order valence-electron chi connectivity index (χ3n) is 4.48. The van der Waals surface area contributed by atoms with E-state index in [1.54, 1.807) is 6.92 Å². The summed E-state index contributed by atoms with van der Waals surface area (Å²) in [6.45, 7) is 3.05. The van der Waals surface area contributed by atoms with Crippen LogP contribution in [0.5, 0.6) is 0 Å². The topological polar surface area (TPSA) is 56.3 Å². The van der Waals surface area contributed by atoms with Gasteiger partial charge in [-0.2, -0.15) is 0 Å². The fourth-order valence-corrected chi connectivity index (χ4v) is 3.08. The molecule has 1 aliphatic carbocycles. The first-order valence-corrected chi connectivity index (χ1v) is 8.20. The van der Waals surface area contributed by atoms with E-state index in [0.29, 0.717) is 5.56 Å². The second-order valence-electron chi connectivity index (χ2n) is 6.15. The third-order valence-corrected chi connectivity index (χ3v) is 4.48. The van der Waals surface area contributed by atoms with Crippen molar-refractivity contribution >= 4 is 22.7 Å². The molecule has 1 aromatic heterocycles. The number of rotatable bonds is 3. The van der Waals surface area contributed by atoms with Crippen LogP contribution in [0.2, 0.25) is 0 Å². The second-order valence-corrected chi connectivity index (χ2v) is 6.15. The number of nitrogens with zero attached hydrogens (tertiary/aromatic N) is 1. The van der Waals surface area contributed by atoms with Crippen LogP contribution in [-0.4, -0.2) is 22.8 Å². The van der Waals surface area contributed by atoms with Crippen molar-refractivity contribution in [1.29, 1.82) is 0 Å². The lowest BCUT2D eigenvalue weighted by Gasteiger charge is -2.16. The molecule has 0 N–H and O–H groups in total. The van der Waals surface area contributed by atoms with Crippen molar-refractivity contribution in [2.45, 2.75) is 52.1 Å². The van der Waals surface area contributed by atoms with Crippen molar-refractivity contribution in [2.75, 3.05) is 0 Å². The van der Waals surface area contributed by atoms with Gasteiger partial charge in [0.1, 0.15) is 0 Å². The van der Waals surface area contributed by atoms with E-state index in [1.807, 2.05) is 24.3 Å². The molecule has 0 radical (unpaired) electrons. The Morgan fingerprint density at radius 2 is 1.87 bits per heavy atom. The summed E-state index contributed by atoms with van der Waals surface area (Å²) in [4.78, 5) is 28.9. The van der Waals surface area contributed by atoms with Gasteiger partial charge in [-0.1, -0.05) is 24.6 Å². The van der Waals surface area contributed by atoms with Gasteiger partial charge in [0.15, 0.2) is 11.9 Å². The van der Waals surface area contributed by atoms with Crippen molar-refractivity contribution in [3.05, 3.63) is 41.1 Å². The molecule has 1 unspecified atom stereocenters. The molecule has 1 aromatic carbocycles. The van der Waals surface area contributed by atoms with Gasteiger partial charge in [0.2, 0.25) is 0 Å². The van der Waals surface area contributed by atoms with Crippen molar-refractivity contribution in [1.82, 2.24) is 4.98 Å². The SMILES string of the molecule is CC(=O)C(C)OC(=O)c1c2c(nc3ccccc13)CCCCC2. The minimum absolute atomic E-state index is 0.150. The Kier molecular flexibility index (Phi) is 4.42. The number of hydrogen-bond donors (Lipinski definition) is 0. The number of ketones is 1. The van der Waals surface area contributed by atoms with E-state index in [1.165, 1.54) is 6.92 Å². The predicted molar refractivity (Wildman–Crippen MR) is 88.6 cm³/mol. The lowest BCUT2D eigenvalue weighted by molar-refractivity contribution is -0.124. The molecular formula is C19H21NO3. The maximum atomic E-state index is 12.8. The van der Waals surface area contributed by atoms with Gasteiger partial charge in [0, 0.05) is 11.1 Å². The molecule has 0 spiro atoms. The molecule has 0 amide bonds. The van der Waals surface area contributed by atoms with Crippen LogP contribution in [0.25, 0.3) is 10.9 Å². The number of hydrogen-bond acceptors (Lipinski definition) is 4. The fourth-order valence-electron chi connectivity index (χ4n) is 3.08. The highest BCUT2D eigenvalue weighted by Gasteiger charge is 2.24. The van der Waals surface area contributed by atoms with Gasteiger partial charge in [0.25, 0.3) is 0 Å². The van der Waals surface area contributed by atoms with Gasteiger partial charge < -0.3 is 4.74 Å². The highest BCUT2D eigenvalue weighted by Crippen LogP contribution is 2.29. The van der Waals surface area contributed by atoms with Crippen LogP contribution in [0.15, 0.2) is 24.3 Å². The number of carbonyl (C=O) groups is 2. The zero-order chi connectivity index (χ0) is 16.4. The number of ether oxygens (including phenoxy) is 1. The van der Waals surface area contributed by atoms with Crippen LogP contribution in [0.4, 0.5) is 0 Å². The monoisotopic (exact) mass is 311 g/mol. The zero-order valence-electron chi connectivity index (χ0n) is 13.6.